The molecule has 6 rings (SSSR count). The van der Waals surface area contributed by atoms with E-state index in [0.29, 0.717) is 12.5 Å². The van der Waals surface area contributed by atoms with Crippen molar-refractivity contribution < 1.29 is 19.1 Å². The highest BCUT2D eigenvalue weighted by molar-refractivity contribution is 6.30. The van der Waals surface area contributed by atoms with Crippen LogP contribution in [0.25, 0.3) is 5.57 Å². The molecule has 0 radical (unpaired) electrons. The number of carbonyl (C=O) groups excluding carboxylic acids is 2. The van der Waals surface area contributed by atoms with Crippen molar-refractivity contribution >= 4 is 34.9 Å². The van der Waals surface area contributed by atoms with Crippen molar-refractivity contribution in [2.24, 2.45) is 23.7 Å². The molecule has 44 heavy (non-hydrogen) atoms. The lowest BCUT2D eigenvalue weighted by Gasteiger charge is -2.26. The summed E-state index contributed by atoms with van der Waals surface area (Å²) >= 11 is 6.33. The lowest BCUT2D eigenvalue weighted by Crippen LogP contribution is -2.46. The number of benzene rings is 1. The molecule has 10 nitrogen and oxygen atoms in total. The first-order valence-electron chi connectivity index (χ1n) is 15.0. The van der Waals surface area contributed by atoms with Crippen molar-refractivity contribution in [1.82, 2.24) is 19.8 Å². The highest BCUT2D eigenvalue weighted by Gasteiger charge is 2.26. The van der Waals surface area contributed by atoms with Gasteiger partial charge in [-0.15, -0.1) is 0 Å². The van der Waals surface area contributed by atoms with Crippen LogP contribution in [0.1, 0.15) is 48.9 Å². The normalized spacial score (nSPS) is 17.8. The predicted molar refractivity (Wildman–Crippen MR) is 174 cm³/mol. The zero-order chi connectivity index (χ0) is 31.5. The van der Waals surface area contributed by atoms with E-state index in [1.54, 1.807) is 4.90 Å². The molecule has 11 heteroatoms. The molecule has 1 saturated heterocycles. The molecule has 0 unspecified atom stereocenters. The number of allylic oxidation sites excluding steroid dienone is 5. The Labute approximate surface area is 264 Å². The highest BCUT2D eigenvalue weighted by Crippen LogP contribution is 2.38. The Hall–Kier alpha value is -3.73. The number of rotatable bonds is 6. The van der Waals surface area contributed by atoms with E-state index in [1.807, 2.05) is 31.8 Å². The van der Waals surface area contributed by atoms with Crippen molar-refractivity contribution in [3.8, 4) is 0 Å². The van der Waals surface area contributed by atoms with Crippen molar-refractivity contribution in [3.05, 3.63) is 82.6 Å². The minimum Gasteiger partial charge on any atom is -0.449 e. The van der Waals surface area contributed by atoms with Crippen molar-refractivity contribution in [2.75, 3.05) is 46.5 Å². The lowest BCUT2D eigenvalue weighted by molar-refractivity contribution is -0.121. The summed E-state index contributed by atoms with van der Waals surface area (Å²) in [6, 6.07) is 6.17. The summed E-state index contributed by atoms with van der Waals surface area (Å²) in [5.41, 5.74) is 11.9. The molecule has 1 aromatic heterocycles. The predicted octanol–water partition coefficient (Wildman–Crippen LogP) is 4.66. The van der Waals surface area contributed by atoms with Gasteiger partial charge in [0.1, 0.15) is 6.61 Å². The van der Waals surface area contributed by atoms with Crippen LogP contribution in [0.15, 0.2) is 65.7 Å². The number of nitrogens with zero attached hydrogens (tertiary/aromatic N) is 4. The molecule has 0 bridgehead atoms. The molecule has 3 N–H and O–H groups in total. The smallest absolute Gasteiger partial charge is 0.409 e. The van der Waals surface area contributed by atoms with Gasteiger partial charge in [0.05, 0.1) is 18.6 Å². The number of nitrogens with two attached hydrogens (primary N) is 1. The molecule has 0 spiro atoms. The van der Waals surface area contributed by atoms with Crippen LogP contribution in [0.2, 0.25) is 5.02 Å². The number of piperazine rings is 1. The number of fused-ring (bicyclic) bond motifs is 2. The maximum atomic E-state index is 11.4. The number of methoxy groups -OCH3 is 1. The van der Waals surface area contributed by atoms with Gasteiger partial charge in [0.15, 0.2) is 0 Å². The van der Waals surface area contributed by atoms with E-state index in [0.717, 1.165) is 49.8 Å². The fraction of sp³-hybridized carbons (Fsp3) is 0.455. The Morgan fingerprint density at radius 3 is 2.64 bits per heavy atom. The fourth-order valence-electron chi connectivity index (χ4n) is 5.13. The van der Waals surface area contributed by atoms with Gasteiger partial charge in [-0.05, 0) is 65.7 Å². The van der Waals surface area contributed by atoms with E-state index in [9.17, 15) is 9.59 Å². The van der Waals surface area contributed by atoms with Crippen LogP contribution in [0.5, 0.6) is 0 Å². The molecule has 1 saturated carbocycles. The second kappa shape index (κ2) is 16.4. The van der Waals surface area contributed by atoms with Crippen molar-refractivity contribution in [3.63, 3.8) is 0 Å². The first kappa shape index (κ1) is 33.2. The number of carbonyl (C=O) groups is 2. The molecule has 2 aliphatic heterocycles. The number of hydrogen-bond acceptors (Lipinski definition) is 7. The standard InChI is InChI=1S/C21H20ClN3.C9H16N2O2.C3H7NO2/c1-14(21-12-23-13-25(21)2)18-9-16-5-3-4-8-24-20(16)10-15-6-7-17(22)11-19(15)18;12-9(13-7-8-1-2-8)11-5-3-10-4-6-11;1-6-2-3(4)5/h4-9,11-14H,3,10H2,1-2H3;8,10H,1-7H2;2H2,1H3,(H2,4,5)/t14-;;/m1../s1. The van der Waals surface area contributed by atoms with Crippen LogP contribution < -0.4 is 11.1 Å². The monoisotopic (exact) mass is 622 g/mol. The van der Waals surface area contributed by atoms with Gasteiger partial charge < -0.3 is 30.0 Å². The minimum absolute atomic E-state index is 0.0139. The van der Waals surface area contributed by atoms with Gasteiger partial charge in [-0.2, -0.15) is 0 Å². The average molecular weight is 623 g/mol. The zero-order valence-electron chi connectivity index (χ0n) is 25.8. The third-order valence-corrected chi connectivity index (χ3v) is 8.00. The molecule has 1 atom stereocenters. The van der Waals surface area contributed by atoms with E-state index in [4.69, 9.17) is 16.3 Å². The second-order valence-electron chi connectivity index (χ2n) is 11.2. The molecule has 4 aliphatic rings. The number of nitrogens with one attached hydrogen (secondary N) is 1. The van der Waals surface area contributed by atoms with Crippen LogP contribution in [-0.2, 0) is 27.7 Å². The van der Waals surface area contributed by atoms with Crippen LogP contribution in [0, 0.1) is 5.92 Å². The number of aryl methyl sites for hydroxylation is 1. The van der Waals surface area contributed by atoms with Gasteiger partial charge in [-0.1, -0.05) is 36.7 Å². The quantitative estimate of drug-likeness (QED) is 0.483. The summed E-state index contributed by atoms with van der Waals surface area (Å²) in [5, 5.41) is 3.96. The Morgan fingerprint density at radius 2 is 2.00 bits per heavy atom. The number of ether oxygens (including phenoxy) is 2. The lowest BCUT2D eigenvalue weighted by atomic mass is 9.88. The SMILES string of the molecule is COCC(N)=O.C[C@H](C1=CC2=CCC=CN=C2Cc2ccc(Cl)cc21)c1cncn1C.O=C(OCC1CC1)N1CCNCC1. The summed E-state index contributed by atoms with van der Waals surface area (Å²) in [4.78, 5) is 31.8. The minimum atomic E-state index is -0.433. The van der Waals surface area contributed by atoms with Gasteiger partial charge >= 0.3 is 6.09 Å². The molecule has 236 valence electrons. The summed E-state index contributed by atoms with van der Waals surface area (Å²) in [6.45, 7) is 6.21. The van der Waals surface area contributed by atoms with E-state index < -0.39 is 5.91 Å². The van der Waals surface area contributed by atoms with Gasteiger partial charge in [0.25, 0.3) is 0 Å². The van der Waals surface area contributed by atoms with E-state index in [-0.39, 0.29) is 18.6 Å². The van der Waals surface area contributed by atoms with Crippen molar-refractivity contribution in [2.45, 2.75) is 38.5 Å². The molecule has 3 heterocycles. The van der Waals surface area contributed by atoms with Gasteiger partial charge in [0.2, 0.25) is 5.91 Å². The first-order valence-corrected chi connectivity index (χ1v) is 15.4. The number of imidazole rings is 1. The number of hydrogen-bond donors (Lipinski definition) is 2. The maximum absolute atomic E-state index is 11.4. The van der Waals surface area contributed by atoms with Gasteiger partial charge in [-0.25, -0.2) is 9.78 Å². The third-order valence-electron chi connectivity index (χ3n) is 7.76. The van der Waals surface area contributed by atoms with E-state index in [2.05, 4.69) is 67.6 Å². The molecule has 2 amide bonds. The van der Waals surface area contributed by atoms with Crippen LogP contribution in [0.4, 0.5) is 4.79 Å². The average Bonchev–Trinajstić information content (AvgIpc) is 3.81. The van der Waals surface area contributed by atoms with Crippen LogP contribution >= 0.6 is 11.6 Å². The third kappa shape index (κ3) is 9.64. The Bertz CT molecular complexity index is 1420. The number of primary amides is 1. The summed E-state index contributed by atoms with van der Waals surface area (Å²) < 4.78 is 11.6. The molecule has 1 aromatic carbocycles. The maximum Gasteiger partial charge on any atom is 0.409 e. The molecular formula is C33H43ClN6O4. The van der Waals surface area contributed by atoms with Crippen molar-refractivity contribution in [1.29, 1.82) is 0 Å². The first-order chi connectivity index (χ1) is 21.3. The molecule has 2 aliphatic carbocycles. The fourth-order valence-corrected chi connectivity index (χ4v) is 5.31. The van der Waals surface area contributed by atoms with Gasteiger partial charge in [0, 0.05) is 75.8 Å². The molecule has 2 aromatic rings. The molecular weight excluding hydrogens is 580 g/mol. The second-order valence-corrected chi connectivity index (χ2v) is 11.7. The zero-order valence-corrected chi connectivity index (χ0v) is 26.6. The number of aromatic nitrogens is 2. The van der Waals surface area contributed by atoms with Crippen LogP contribution in [-0.4, -0.2) is 78.7 Å². The Balaban J connectivity index is 0.000000193. The highest BCUT2D eigenvalue weighted by atomic mass is 35.5. The summed E-state index contributed by atoms with van der Waals surface area (Å²) in [6.07, 6.45) is 16.4. The topological polar surface area (TPSA) is 124 Å². The number of halogens is 1. The summed E-state index contributed by atoms with van der Waals surface area (Å²) in [5.74, 6) is 0.436. The number of aliphatic imine (C=N–C) groups is 1. The number of amides is 2. The molecule has 2 fully saturated rings. The van der Waals surface area contributed by atoms with E-state index >= 15 is 0 Å². The summed E-state index contributed by atoms with van der Waals surface area (Å²) in [7, 11) is 3.46. The largest absolute Gasteiger partial charge is 0.449 e. The Morgan fingerprint density at radius 1 is 1.23 bits per heavy atom. The van der Waals surface area contributed by atoms with E-state index in [1.165, 1.54) is 47.9 Å². The van der Waals surface area contributed by atoms with Gasteiger partial charge in [-0.3, -0.25) is 9.79 Å². The van der Waals surface area contributed by atoms with Crippen LogP contribution in [0.3, 0.4) is 0 Å². The Kier molecular flexibility index (Phi) is 12.3.